The maximum Gasteiger partial charge on any atom is 0.265 e. The number of furan rings is 2. The van der Waals surface area contributed by atoms with Gasteiger partial charge in [-0.1, -0.05) is 39.0 Å². The van der Waals surface area contributed by atoms with E-state index in [4.69, 9.17) is 13.9 Å². The fraction of sp³-hybridized carbons (Fsp3) is 0.529. The summed E-state index contributed by atoms with van der Waals surface area (Å²) < 4.78 is 17.4. The number of ether oxygens (including phenoxy) is 2. The zero-order chi connectivity index (χ0) is 31.7. The van der Waals surface area contributed by atoms with Gasteiger partial charge >= 0.3 is 0 Å². The molecule has 0 fully saturated rings. The van der Waals surface area contributed by atoms with Gasteiger partial charge in [0.1, 0.15) is 16.9 Å². The third-order valence-electron chi connectivity index (χ3n) is 8.85. The van der Waals surface area contributed by atoms with Gasteiger partial charge in [0, 0.05) is 38.1 Å². The quantitative estimate of drug-likeness (QED) is 0.139. The molecule has 3 aromatic rings. The van der Waals surface area contributed by atoms with Crippen LogP contribution in [0.1, 0.15) is 93.4 Å². The number of imide groups is 1. The molecule has 2 N–H and O–H groups in total. The summed E-state index contributed by atoms with van der Waals surface area (Å²) >= 11 is 0. The molecule has 3 heterocycles. The van der Waals surface area contributed by atoms with E-state index in [1.807, 2.05) is 58.0 Å². The van der Waals surface area contributed by atoms with Crippen molar-refractivity contribution < 1.29 is 33.1 Å². The first-order chi connectivity index (χ1) is 21.1. The lowest BCUT2D eigenvalue weighted by Crippen LogP contribution is -2.41. The summed E-state index contributed by atoms with van der Waals surface area (Å²) in [7, 11) is 0. The number of para-hydroxylation sites is 1. The Morgan fingerprint density at radius 2 is 1.52 bits per heavy atom. The molecule has 44 heavy (non-hydrogen) atoms. The van der Waals surface area contributed by atoms with Gasteiger partial charge in [0.15, 0.2) is 0 Å². The van der Waals surface area contributed by atoms with Crippen molar-refractivity contribution in [3.63, 3.8) is 0 Å². The van der Waals surface area contributed by atoms with E-state index in [2.05, 4.69) is 10.6 Å². The Hall–Kier alpha value is -3.92. The van der Waals surface area contributed by atoms with Crippen molar-refractivity contribution in [3.8, 4) is 5.75 Å². The average molecular weight is 608 g/mol. The highest BCUT2D eigenvalue weighted by atomic mass is 16.5. The Bertz CT molecular complexity index is 1380. The molecule has 2 bridgehead atoms. The van der Waals surface area contributed by atoms with Crippen molar-refractivity contribution in [1.82, 2.24) is 15.5 Å². The molecule has 0 saturated carbocycles. The number of rotatable bonds is 19. The second-order valence-corrected chi connectivity index (χ2v) is 12.0. The maximum absolute atomic E-state index is 13.0. The molecule has 0 spiro atoms. The molecule has 1 aliphatic heterocycles. The molecule has 10 nitrogen and oxygen atoms in total. The van der Waals surface area contributed by atoms with E-state index < -0.39 is 22.8 Å². The van der Waals surface area contributed by atoms with Crippen molar-refractivity contribution in [1.29, 1.82) is 0 Å². The predicted molar refractivity (Wildman–Crippen MR) is 167 cm³/mol. The van der Waals surface area contributed by atoms with Crippen LogP contribution in [-0.2, 0) is 14.3 Å². The van der Waals surface area contributed by atoms with Crippen LogP contribution in [0.15, 0.2) is 46.9 Å². The van der Waals surface area contributed by atoms with Crippen LogP contribution in [0.25, 0.3) is 11.2 Å². The third-order valence-corrected chi connectivity index (χ3v) is 8.85. The molecule has 2 aromatic heterocycles. The number of benzene rings is 2. The zero-order valence-electron chi connectivity index (χ0n) is 26.3. The number of carbonyl (C=O) groups is 4. The molecular weight excluding hydrogens is 562 g/mol. The predicted octanol–water partition coefficient (Wildman–Crippen LogP) is 5.33. The average Bonchev–Trinajstić information content (AvgIpc) is 3.71. The van der Waals surface area contributed by atoms with Crippen molar-refractivity contribution in [2.75, 3.05) is 32.8 Å². The molecule has 2 atom stereocenters. The molecule has 4 amide bonds. The minimum absolute atomic E-state index is 0.0116. The van der Waals surface area contributed by atoms with Crippen LogP contribution in [0, 0.1) is 5.41 Å². The lowest BCUT2D eigenvalue weighted by molar-refractivity contribution is -0.133. The number of hydrogen-bond acceptors (Lipinski definition) is 7. The van der Waals surface area contributed by atoms with Crippen molar-refractivity contribution in [2.45, 2.75) is 78.2 Å². The van der Waals surface area contributed by atoms with E-state index >= 15 is 0 Å². The number of unbranched alkanes of at least 4 members (excludes halogenated alkanes) is 1. The van der Waals surface area contributed by atoms with Crippen LogP contribution < -0.4 is 15.4 Å². The molecule has 0 saturated heterocycles. The molecule has 238 valence electrons. The van der Waals surface area contributed by atoms with Crippen molar-refractivity contribution in [3.05, 3.63) is 53.6 Å². The highest BCUT2D eigenvalue weighted by molar-refractivity contribution is 6.27. The van der Waals surface area contributed by atoms with Crippen molar-refractivity contribution in [2.24, 2.45) is 5.41 Å². The molecular formula is C34H45N3O7. The second-order valence-electron chi connectivity index (χ2n) is 12.0. The SMILES string of the molecule is CCC(C)(CCNC(=O)CCN1C(=O)c2c(c3ccc2o3)C1=O)OCCC(C)(CC)C(=O)NCCCCOc1ccccc1. The monoisotopic (exact) mass is 607 g/mol. The molecule has 1 aliphatic rings. The summed E-state index contributed by atoms with van der Waals surface area (Å²) in [4.78, 5) is 52.0. The van der Waals surface area contributed by atoms with Crippen LogP contribution in [0.2, 0.25) is 0 Å². The number of fused-ring (bicyclic) bond motifs is 5. The Morgan fingerprint density at radius 3 is 2.16 bits per heavy atom. The lowest BCUT2D eigenvalue weighted by atomic mass is 9.83. The largest absolute Gasteiger partial charge is 0.494 e. The van der Waals surface area contributed by atoms with E-state index in [0.29, 0.717) is 67.9 Å². The van der Waals surface area contributed by atoms with Crippen LogP contribution in [0.4, 0.5) is 0 Å². The number of nitrogens with one attached hydrogen (secondary N) is 2. The van der Waals surface area contributed by atoms with Crippen molar-refractivity contribution >= 4 is 34.8 Å². The summed E-state index contributed by atoms with van der Waals surface area (Å²) in [6.07, 6.45) is 4.32. The van der Waals surface area contributed by atoms with Gasteiger partial charge in [-0.15, -0.1) is 0 Å². The highest BCUT2D eigenvalue weighted by Gasteiger charge is 2.41. The number of amides is 4. The number of hydrogen-bond donors (Lipinski definition) is 2. The smallest absolute Gasteiger partial charge is 0.265 e. The van der Waals surface area contributed by atoms with Gasteiger partial charge in [0.25, 0.3) is 11.8 Å². The van der Waals surface area contributed by atoms with Gasteiger partial charge in [0.2, 0.25) is 11.8 Å². The first kappa shape index (κ1) is 33.0. The van der Waals surface area contributed by atoms with E-state index in [1.54, 1.807) is 12.1 Å². The summed E-state index contributed by atoms with van der Waals surface area (Å²) in [5, 5.41) is 5.97. The van der Waals surface area contributed by atoms with Crippen LogP contribution in [0.3, 0.4) is 0 Å². The minimum Gasteiger partial charge on any atom is -0.494 e. The Morgan fingerprint density at radius 1 is 0.841 bits per heavy atom. The summed E-state index contributed by atoms with van der Waals surface area (Å²) in [5.41, 5.74) is 0.389. The molecule has 1 aromatic carbocycles. The normalized spacial score (nSPS) is 15.7. The fourth-order valence-electron chi connectivity index (χ4n) is 5.28. The topological polar surface area (TPSA) is 127 Å². The van der Waals surface area contributed by atoms with E-state index in [-0.39, 0.29) is 24.8 Å². The van der Waals surface area contributed by atoms with Crippen LogP contribution in [0.5, 0.6) is 5.75 Å². The first-order valence-electron chi connectivity index (χ1n) is 15.7. The van der Waals surface area contributed by atoms with E-state index in [1.165, 1.54) is 0 Å². The molecule has 0 radical (unpaired) electrons. The maximum atomic E-state index is 13.0. The minimum atomic E-state index is -0.540. The van der Waals surface area contributed by atoms with Gasteiger partial charge in [-0.3, -0.25) is 24.1 Å². The van der Waals surface area contributed by atoms with E-state index in [0.717, 1.165) is 29.9 Å². The summed E-state index contributed by atoms with van der Waals surface area (Å²) in [6, 6.07) is 13.0. The van der Waals surface area contributed by atoms with Crippen LogP contribution in [-0.4, -0.2) is 67.0 Å². The van der Waals surface area contributed by atoms with Gasteiger partial charge in [0.05, 0.1) is 23.3 Å². The van der Waals surface area contributed by atoms with Crippen LogP contribution >= 0.6 is 0 Å². The molecule has 4 rings (SSSR count). The van der Waals surface area contributed by atoms with Gasteiger partial charge in [-0.05, 0) is 69.7 Å². The molecule has 2 unspecified atom stereocenters. The fourth-order valence-corrected chi connectivity index (χ4v) is 5.28. The summed E-state index contributed by atoms with van der Waals surface area (Å²) in [6.45, 7) is 10.1. The standard InChI is InChI=1S/C34H45N3O7/c1-5-33(3,32(41)36-19-10-11-22-42-24-12-8-7-9-13-24)18-23-43-34(4,6-2)17-20-35-27(38)16-21-37-30(39)28-25-14-15-26(44-25)29(28)31(37)40/h7-9,12-15H,5-6,10-11,16-23H2,1-4H3,(H,35,38)(H,36,41). The van der Waals surface area contributed by atoms with Gasteiger partial charge in [-0.2, -0.15) is 0 Å². The number of carbonyl (C=O) groups excluding carboxylic acids is 4. The van der Waals surface area contributed by atoms with Gasteiger partial charge < -0.3 is 24.5 Å². The molecule has 10 heteroatoms. The third kappa shape index (κ3) is 7.77. The highest BCUT2D eigenvalue weighted by Crippen LogP contribution is 2.35. The van der Waals surface area contributed by atoms with E-state index in [9.17, 15) is 19.2 Å². The Kier molecular flexibility index (Phi) is 11.0. The Labute approximate surface area is 259 Å². The molecule has 0 aliphatic carbocycles. The lowest BCUT2D eigenvalue weighted by Gasteiger charge is -2.32. The first-order valence-corrected chi connectivity index (χ1v) is 15.7. The second kappa shape index (κ2) is 14.7. The summed E-state index contributed by atoms with van der Waals surface area (Å²) in [5.74, 6) is -0.192. The zero-order valence-corrected chi connectivity index (χ0v) is 26.3. The Balaban J connectivity index is 1.11. The van der Waals surface area contributed by atoms with Gasteiger partial charge in [-0.25, -0.2) is 0 Å². The number of nitrogens with zero attached hydrogens (tertiary/aromatic N) is 1.